The summed E-state index contributed by atoms with van der Waals surface area (Å²) in [5.41, 5.74) is 0. The zero-order valence-corrected chi connectivity index (χ0v) is 6.10. The summed E-state index contributed by atoms with van der Waals surface area (Å²) < 4.78 is 5.39. The molecule has 1 radical (unpaired) electrons. The van der Waals surface area contributed by atoms with Crippen LogP contribution in [0.1, 0.15) is 39.0 Å². The van der Waals surface area contributed by atoms with Gasteiger partial charge in [0, 0.05) is 0 Å². The monoisotopic (exact) mass is 127 g/mol. The van der Waals surface area contributed by atoms with Gasteiger partial charge in [-0.1, -0.05) is 13.3 Å². The highest BCUT2D eigenvalue weighted by Crippen LogP contribution is 2.22. The van der Waals surface area contributed by atoms with E-state index in [9.17, 15) is 0 Å². The minimum absolute atomic E-state index is 0.580. The van der Waals surface area contributed by atoms with E-state index >= 15 is 0 Å². The molecule has 9 heavy (non-hydrogen) atoms. The maximum absolute atomic E-state index is 5.39. The van der Waals surface area contributed by atoms with Crippen molar-refractivity contribution in [3.05, 3.63) is 6.61 Å². The molecule has 0 heterocycles. The lowest BCUT2D eigenvalue weighted by atomic mass is 9.96. The van der Waals surface area contributed by atoms with Crippen molar-refractivity contribution >= 4 is 0 Å². The summed E-state index contributed by atoms with van der Waals surface area (Å²) in [4.78, 5) is 0. The van der Waals surface area contributed by atoms with E-state index in [-0.39, 0.29) is 0 Å². The van der Waals surface area contributed by atoms with Crippen LogP contribution in [0.3, 0.4) is 0 Å². The number of hydrogen-bond acceptors (Lipinski definition) is 1. The van der Waals surface area contributed by atoms with Crippen LogP contribution in [-0.4, -0.2) is 6.10 Å². The molecule has 1 aliphatic carbocycles. The molecular formula is C8H15O. The van der Waals surface area contributed by atoms with Gasteiger partial charge in [0.1, 0.15) is 0 Å². The molecule has 0 aromatic carbocycles. The molecule has 1 fully saturated rings. The smallest absolute Gasteiger partial charge is 0.0840 e. The Hall–Kier alpha value is -0.0400. The molecule has 0 spiro atoms. The first-order valence-electron chi connectivity index (χ1n) is 3.90. The minimum Gasteiger partial charge on any atom is -0.372 e. The fourth-order valence-electron chi connectivity index (χ4n) is 0.829. The minimum atomic E-state index is 0.580. The van der Waals surface area contributed by atoms with Gasteiger partial charge >= 0.3 is 0 Å². The van der Waals surface area contributed by atoms with Gasteiger partial charge in [-0.15, -0.1) is 0 Å². The van der Waals surface area contributed by atoms with Crippen molar-refractivity contribution in [1.82, 2.24) is 0 Å². The highest BCUT2D eigenvalue weighted by Gasteiger charge is 2.16. The topological polar surface area (TPSA) is 9.23 Å². The van der Waals surface area contributed by atoms with Crippen LogP contribution in [0.5, 0.6) is 0 Å². The van der Waals surface area contributed by atoms with E-state index in [1.807, 2.05) is 6.61 Å². The Labute approximate surface area is 57.4 Å². The molecular weight excluding hydrogens is 112 g/mol. The maximum Gasteiger partial charge on any atom is 0.0840 e. The van der Waals surface area contributed by atoms with Crippen LogP contribution in [0, 0.1) is 6.61 Å². The van der Waals surface area contributed by atoms with Crippen molar-refractivity contribution < 1.29 is 4.74 Å². The van der Waals surface area contributed by atoms with Crippen LogP contribution in [-0.2, 0) is 4.74 Å². The molecule has 1 rings (SSSR count). The lowest BCUT2D eigenvalue weighted by Crippen LogP contribution is -2.20. The zero-order valence-electron chi connectivity index (χ0n) is 6.10. The van der Waals surface area contributed by atoms with Crippen molar-refractivity contribution in [3.8, 4) is 0 Å². The van der Waals surface area contributed by atoms with Crippen LogP contribution in [0.25, 0.3) is 0 Å². The molecule has 1 heteroatoms. The Kier molecular flexibility index (Phi) is 3.05. The first-order valence-corrected chi connectivity index (χ1v) is 3.90. The van der Waals surface area contributed by atoms with E-state index in [1.54, 1.807) is 0 Å². The molecule has 0 unspecified atom stereocenters. The summed E-state index contributed by atoms with van der Waals surface area (Å²) in [6.45, 7) is 4.13. The molecule has 1 saturated carbocycles. The second-order valence-electron chi connectivity index (χ2n) is 2.64. The van der Waals surface area contributed by atoms with Gasteiger partial charge in [-0.3, -0.25) is 0 Å². The molecule has 0 bridgehead atoms. The van der Waals surface area contributed by atoms with Crippen molar-refractivity contribution in [2.24, 2.45) is 0 Å². The Morgan fingerprint density at radius 3 is 2.78 bits per heavy atom. The fourth-order valence-corrected chi connectivity index (χ4v) is 0.829. The summed E-state index contributed by atoms with van der Waals surface area (Å²) in [6.07, 6.45) is 6.81. The molecule has 53 valence electrons. The number of ether oxygens (including phenoxy) is 1. The van der Waals surface area contributed by atoms with Gasteiger partial charge in [-0.05, 0) is 25.7 Å². The van der Waals surface area contributed by atoms with Gasteiger partial charge < -0.3 is 4.74 Å². The van der Waals surface area contributed by atoms with E-state index in [0.29, 0.717) is 6.10 Å². The highest BCUT2D eigenvalue weighted by atomic mass is 16.5. The third kappa shape index (κ3) is 2.35. The number of rotatable bonds is 4. The molecule has 0 saturated heterocycles. The quantitative estimate of drug-likeness (QED) is 0.527. The summed E-state index contributed by atoms with van der Waals surface area (Å²) in [5, 5.41) is 0. The van der Waals surface area contributed by atoms with E-state index < -0.39 is 0 Å². The Morgan fingerprint density at radius 1 is 1.56 bits per heavy atom. The number of unbranched alkanes of at least 4 members (excludes halogenated alkanes) is 1. The first kappa shape index (κ1) is 7.07. The van der Waals surface area contributed by atoms with Gasteiger partial charge in [0.15, 0.2) is 0 Å². The molecule has 0 amide bonds. The maximum atomic E-state index is 5.39. The molecule has 1 nitrogen and oxygen atoms in total. The van der Waals surface area contributed by atoms with Crippen LogP contribution >= 0.6 is 0 Å². The molecule has 0 aliphatic heterocycles. The van der Waals surface area contributed by atoms with Gasteiger partial charge in [0.2, 0.25) is 0 Å². The van der Waals surface area contributed by atoms with Gasteiger partial charge in [0.05, 0.1) is 12.7 Å². The zero-order chi connectivity index (χ0) is 6.53. The average Bonchev–Trinajstić information content (AvgIpc) is 1.76. The molecule has 0 aromatic heterocycles. The van der Waals surface area contributed by atoms with Gasteiger partial charge in [0.25, 0.3) is 0 Å². The Balaban J connectivity index is 1.80. The molecule has 0 N–H and O–H groups in total. The third-order valence-electron chi connectivity index (χ3n) is 1.75. The SMILES string of the molecule is CCC[CH]OC1CCC1. The Bertz CT molecular complexity index is 67.0. The predicted octanol–water partition coefficient (Wildman–Crippen LogP) is 2.52. The van der Waals surface area contributed by atoms with Crippen LogP contribution in [0.15, 0.2) is 0 Å². The van der Waals surface area contributed by atoms with Crippen LogP contribution < -0.4 is 0 Å². The van der Waals surface area contributed by atoms with E-state index in [0.717, 1.165) is 6.42 Å². The third-order valence-corrected chi connectivity index (χ3v) is 1.75. The average molecular weight is 127 g/mol. The predicted molar refractivity (Wildman–Crippen MR) is 37.9 cm³/mol. The van der Waals surface area contributed by atoms with Crippen molar-refractivity contribution in [2.75, 3.05) is 0 Å². The van der Waals surface area contributed by atoms with E-state index in [1.165, 1.54) is 25.7 Å². The standard InChI is InChI=1S/C8H15O/c1-2-3-7-9-8-5-4-6-8/h7-8H,2-6H2,1H3. The second-order valence-corrected chi connectivity index (χ2v) is 2.64. The van der Waals surface area contributed by atoms with Crippen LogP contribution in [0.4, 0.5) is 0 Å². The van der Waals surface area contributed by atoms with Crippen molar-refractivity contribution in [2.45, 2.75) is 45.1 Å². The molecule has 0 aromatic rings. The number of hydrogen-bond donors (Lipinski definition) is 0. The highest BCUT2D eigenvalue weighted by molar-refractivity contribution is 4.70. The normalized spacial score (nSPS) is 19.7. The summed E-state index contributed by atoms with van der Waals surface area (Å²) in [7, 11) is 0. The molecule has 1 aliphatic rings. The van der Waals surface area contributed by atoms with Crippen molar-refractivity contribution in [3.63, 3.8) is 0 Å². The summed E-state index contributed by atoms with van der Waals surface area (Å²) >= 11 is 0. The Morgan fingerprint density at radius 2 is 2.33 bits per heavy atom. The van der Waals surface area contributed by atoms with Crippen molar-refractivity contribution in [1.29, 1.82) is 0 Å². The first-order chi connectivity index (χ1) is 4.43. The van der Waals surface area contributed by atoms with Crippen LogP contribution in [0.2, 0.25) is 0 Å². The van der Waals surface area contributed by atoms with E-state index in [4.69, 9.17) is 4.74 Å². The second kappa shape index (κ2) is 3.89. The van der Waals surface area contributed by atoms with Gasteiger partial charge in [-0.2, -0.15) is 0 Å². The summed E-state index contributed by atoms with van der Waals surface area (Å²) in [5.74, 6) is 0. The largest absolute Gasteiger partial charge is 0.372 e. The lowest BCUT2D eigenvalue weighted by Gasteiger charge is -2.24. The molecule has 0 atom stereocenters. The fraction of sp³-hybridized carbons (Fsp3) is 0.875. The lowest BCUT2D eigenvalue weighted by molar-refractivity contribution is 0.0403. The van der Waals surface area contributed by atoms with Gasteiger partial charge in [-0.25, -0.2) is 0 Å². The summed E-state index contributed by atoms with van der Waals surface area (Å²) in [6, 6.07) is 0. The van der Waals surface area contributed by atoms with E-state index in [2.05, 4.69) is 6.92 Å².